The van der Waals surface area contributed by atoms with Crippen LogP contribution in [0.25, 0.3) is 0 Å². The molecule has 0 N–H and O–H groups in total. The smallest absolute Gasteiger partial charge is 0.243 e. The summed E-state index contributed by atoms with van der Waals surface area (Å²) in [5, 5.41) is 3.78. The van der Waals surface area contributed by atoms with E-state index in [1.54, 1.807) is 31.0 Å². The van der Waals surface area contributed by atoms with Crippen molar-refractivity contribution >= 4 is 5.91 Å². The molecule has 0 bridgehead atoms. The highest BCUT2D eigenvalue weighted by molar-refractivity contribution is 5.75. The minimum atomic E-state index is 0.0297. The Balaban J connectivity index is 2.50. The number of rotatable bonds is 2. The first-order valence-electron chi connectivity index (χ1n) is 3.30. The van der Waals surface area contributed by atoms with Gasteiger partial charge in [-0.05, 0) is 6.07 Å². The molecule has 0 saturated heterocycles. The van der Waals surface area contributed by atoms with Gasteiger partial charge in [0.05, 0.1) is 0 Å². The molecule has 1 heterocycles. The second-order valence-corrected chi connectivity index (χ2v) is 2.43. The van der Waals surface area contributed by atoms with Crippen molar-refractivity contribution in [2.24, 2.45) is 0 Å². The third-order valence-corrected chi connectivity index (χ3v) is 1.30. The topological polar surface area (TPSA) is 38.1 Å². The molecular weight excluding hydrogens is 142 g/mol. The van der Waals surface area contributed by atoms with Crippen LogP contribution in [0, 0.1) is 6.20 Å². The monoisotopic (exact) mass is 152 g/mol. The van der Waals surface area contributed by atoms with Crippen LogP contribution in [-0.4, -0.2) is 34.7 Å². The lowest BCUT2D eigenvalue weighted by atomic mass is 10.5. The fourth-order valence-corrected chi connectivity index (χ4v) is 0.628. The molecule has 0 saturated carbocycles. The highest BCUT2D eigenvalue weighted by atomic mass is 16.2. The van der Waals surface area contributed by atoms with Crippen molar-refractivity contribution < 1.29 is 4.79 Å². The maximum Gasteiger partial charge on any atom is 0.243 e. The van der Waals surface area contributed by atoms with Crippen LogP contribution in [0.4, 0.5) is 0 Å². The Labute approximate surface area is 65.4 Å². The number of hydrogen-bond donors (Lipinski definition) is 0. The van der Waals surface area contributed by atoms with E-state index in [-0.39, 0.29) is 12.5 Å². The quantitative estimate of drug-likeness (QED) is 0.587. The van der Waals surface area contributed by atoms with E-state index in [1.807, 2.05) is 0 Å². The van der Waals surface area contributed by atoms with Crippen molar-refractivity contribution in [3.63, 3.8) is 0 Å². The van der Waals surface area contributed by atoms with Crippen LogP contribution >= 0.6 is 0 Å². The van der Waals surface area contributed by atoms with E-state index < -0.39 is 0 Å². The van der Waals surface area contributed by atoms with Crippen molar-refractivity contribution in [1.82, 2.24) is 14.7 Å². The summed E-state index contributed by atoms with van der Waals surface area (Å²) < 4.78 is 1.54. The molecule has 0 aliphatic heterocycles. The molecule has 11 heavy (non-hydrogen) atoms. The van der Waals surface area contributed by atoms with E-state index in [0.717, 1.165) is 0 Å². The third kappa shape index (κ3) is 2.07. The number of aromatic nitrogens is 2. The summed E-state index contributed by atoms with van der Waals surface area (Å²) >= 11 is 0. The summed E-state index contributed by atoms with van der Waals surface area (Å²) in [7, 11) is 3.44. The van der Waals surface area contributed by atoms with E-state index in [0.29, 0.717) is 0 Å². The summed E-state index contributed by atoms with van der Waals surface area (Å²) in [6.45, 7) is 0.288. The Hall–Kier alpha value is -1.32. The van der Waals surface area contributed by atoms with Gasteiger partial charge in [0.2, 0.25) is 5.91 Å². The van der Waals surface area contributed by atoms with Crippen LogP contribution in [-0.2, 0) is 11.3 Å². The fraction of sp³-hybridized carbons (Fsp3) is 0.429. The Kier molecular flexibility index (Phi) is 2.25. The Morgan fingerprint density at radius 3 is 2.91 bits per heavy atom. The Morgan fingerprint density at radius 2 is 2.45 bits per heavy atom. The average molecular weight is 152 g/mol. The van der Waals surface area contributed by atoms with Gasteiger partial charge in [-0.3, -0.25) is 9.48 Å². The average Bonchev–Trinajstić information content (AvgIpc) is 2.39. The van der Waals surface area contributed by atoms with E-state index in [1.165, 1.54) is 4.90 Å². The number of nitrogens with zero attached hydrogens (tertiary/aromatic N) is 3. The molecule has 1 aromatic heterocycles. The zero-order valence-corrected chi connectivity index (χ0v) is 6.61. The summed E-state index contributed by atoms with van der Waals surface area (Å²) in [4.78, 5) is 12.6. The van der Waals surface area contributed by atoms with Crippen molar-refractivity contribution in [2.75, 3.05) is 14.1 Å². The SMILES string of the molecule is CN(C)C(=O)Cn1cc[c]n1. The Morgan fingerprint density at radius 1 is 1.73 bits per heavy atom. The van der Waals surface area contributed by atoms with Gasteiger partial charge in [-0.15, -0.1) is 0 Å². The highest BCUT2D eigenvalue weighted by Gasteiger charge is 2.03. The first kappa shape index (κ1) is 7.78. The largest absolute Gasteiger partial charge is 0.347 e. The van der Waals surface area contributed by atoms with E-state index in [9.17, 15) is 4.79 Å². The maximum absolute atomic E-state index is 11.1. The van der Waals surface area contributed by atoms with Crippen molar-refractivity contribution in [1.29, 1.82) is 0 Å². The van der Waals surface area contributed by atoms with Gasteiger partial charge in [-0.2, -0.15) is 5.10 Å². The van der Waals surface area contributed by atoms with Gasteiger partial charge in [0.15, 0.2) is 0 Å². The third-order valence-electron chi connectivity index (χ3n) is 1.30. The van der Waals surface area contributed by atoms with Gasteiger partial charge >= 0.3 is 0 Å². The standard InChI is InChI=1S/C7H10N3O/c1-9(2)7(11)6-10-5-3-4-8-10/h3,5H,6H2,1-2H3. The molecule has 1 radical (unpaired) electrons. The number of carbonyl (C=O) groups is 1. The van der Waals surface area contributed by atoms with Gasteiger partial charge in [0, 0.05) is 20.3 Å². The lowest BCUT2D eigenvalue weighted by Gasteiger charge is -2.09. The van der Waals surface area contributed by atoms with Crippen LogP contribution in [0.1, 0.15) is 0 Å². The van der Waals surface area contributed by atoms with Crippen LogP contribution in [0.15, 0.2) is 12.3 Å². The van der Waals surface area contributed by atoms with Gasteiger partial charge in [-0.25, -0.2) is 0 Å². The molecule has 0 aliphatic rings. The predicted octanol–water partition coefficient (Wildman–Crippen LogP) is -0.229. The van der Waals surface area contributed by atoms with E-state index in [4.69, 9.17) is 0 Å². The van der Waals surface area contributed by atoms with Crippen molar-refractivity contribution in [2.45, 2.75) is 6.54 Å². The van der Waals surface area contributed by atoms with Gasteiger partial charge < -0.3 is 4.90 Å². The van der Waals surface area contributed by atoms with Crippen molar-refractivity contribution in [3.05, 3.63) is 18.5 Å². The maximum atomic E-state index is 11.1. The number of likely N-dealkylation sites (N-methyl/N-ethyl adjacent to an activating group) is 1. The molecule has 0 unspecified atom stereocenters. The molecule has 0 aliphatic carbocycles. The lowest BCUT2D eigenvalue weighted by Crippen LogP contribution is -2.26. The summed E-state index contributed by atoms with van der Waals surface area (Å²) in [6.07, 6.45) is 4.33. The van der Waals surface area contributed by atoms with Gasteiger partial charge in [0.1, 0.15) is 12.7 Å². The summed E-state index contributed by atoms with van der Waals surface area (Å²) in [5.41, 5.74) is 0. The second-order valence-electron chi connectivity index (χ2n) is 2.43. The number of carbonyl (C=O) groups excluding carboxylic acids is 1. The molecule has 0 atom stereocenters. The molecule has 0 fully saturated rings. The molecule has 4 heteroatoms. The molecule has 0 spiro atoms. The zero-order chi connectivity index (χ0) is 8.27. The predicted molar refractivity (Wildman–Crippen MR) is 39.8 cm³/mol. The van der Waals surface area contributed by atoms with Crippen LogP contribution < -0.4 is 0 Å². The molecule has 4 nitrogen and oxygen atoms in total. The first-order chi connectivity index (χ1) is 5.20. The Bertz CT molecular complexity index is 228. The van der Waals surface area contributed by atoms with E-state index in [2.05, 4.69) is 11.3 Å². The van der Waals surface area contributed by atoms with Crippen LogP contribution in [0.2, 0.25) is 0 Å². The van der Waals surface area contributed by atoms with Gasteiger partial charge in [0.25, 0.3) is 0 Å². The minimum Gasteiger partial charge on any atom is -0.347 e. The van der Waals surface area contributed by atoms with Crippen LogP contribution in [0.3, 0.4) is 0 Å². The van der Waals surface area contributed by atoms with E-state index >= 15 is 0 Å². The molecule has 1 rings (SSSR count). The number of hydrogen-bond acceptors (Lipinski definition) is 2. The van der Waals surface area contributed by atoms with Gasteiger partial charge in [-0.1, -0.05) is 0 Å². The highest BCUT2D eigenvalue weighted by Crippen LogP contribution is 1.86. The summed E-state index contributed by atoms with van der Waals surface area (Å²) in [6, 6.07) is 1.67. The summed E-state index contributed by atoms with van der Waals surface area (Å²) in [5.74, 6) is 0.0297. The second kappa shape index (κ2) is 3.18. The molecular formula is C7H10N3O. The first-order valence-corrected chi connectivity index (χ1v) is 3.30. The minimum absolute atomic E-state index is 0.0297. The normalized spacial score (nSPS) is 9.64. The molecule has 59 valence electrons. The molecule has 1 amide bonds. The zero-order valence-electron chi connectivity index (χ0n) is 6.61. The van der Waals surface area contributed by atoms with Crippen LogP contribution in [0.5, 0.6) is 0 Å². The van der Waals surface area contributed by atoms with Crippen molar-refractivity contribution in [3.8, 4) is 0 Å². The number of amides is 1. The molecule has 0 aromatic carbocycles. The molecule has 1 aromatic rings. The fourth-order valence-electron chi connectivity index (χ4n) is 0.628. The lowest BCUT2D eigenvalue weighted by molar-refractivity contribution is -0.129.